The van der Waals surface area contributed by atoms with Crippen LogP contribution in [0.3, 0.4) is 0 Å². The lowest BCUT2D eigenvalue weighted by molar-refractivity contribution is -0.953. The fraction of sp³-hybridized carbons (Fsp3) is 0.595. The van der Waals surface area contributed by atoms with Crippen LogP contribution in [-0.2, 0) is 35.0 Å². The van der Waals surface area contributed by atoms with Crippen molar-refractivity contribution in [1.82, 2.24) is 9.88 Å². The zero-order valence-corrected chi connectivity index (χ0v) is 31.9. The van der Waals surface area contributed by atoms with Crippen molar-refractivity contribution in [3.8, 4) is 0 Å². The van der Waals surface area contributed by atoms with Gasteiger partial charge in [-0.2, -0.15) is 0 Å². The number of cyclic esters (lactones) is 1. The van der Waals surface area contributed by atoms with Crippen molar-refractivity contribution >= 4 is 17.9 Å². The van der Waals surface area contributed by atoms with Crippen LogP contribution in [-0.4, -0.2) is 126 Å². The molecule has 0 radical (unpaired) electrons. The highest BCUT2D eigenvalue weighted by Crippen LogP contribution is 2.61. The molecule has 6 heterocycles. The normalized spacial score (nSPS) is 41.2. The molecule has 1 unspecified atom stereocenters. The van der Waals surface area contributed by atoms with Crippen LogP contribution < -0.4 is 0 Å². The summed E-state index contributed by atoms with van der Waals surface area (Å²) in [6, 6.07) is 11.1. The van der Waals surface area contributed by atoms with Crippen LogP contribution in [0.15, 0.2) is 66.4 Å². The number of ether oxygens (including phenoxy) is 5. The Morgan fingerprint density at radius 1 is 1.07 bits per heavy atom. The number of aromatic amines is 1. The molecule has 7 aliphatic rings. The number of aliphatic hydroxyl groups excluding tert-OH is 1. The number of rotatable bonds is 8. The lowest BCUT2D eigenvalue weighted by atomic mass is 9.57. The zero-order chi connectivity index (χ0) is 37.9. The van der Waals surface area contributed by atoms with Gasteiger partial charge in [0.25, 0.3) is 0 Å². The molecular weight excluding hydrogens is 690 g/mol. The minimum Gasteiger partial charge on any atom is -0.456 e. The van der Waals surface area contributed by atoms with Crippen LogP contribution in [0.4, 0.5) is 0 Å². The number of benzene rings is 1. The molecule has 290 valence electrons. The molecule has 0 amide bonds. The quantitative estimate of drug-likeness (QED) is 0.177. The first kappa shape index (κ1) is 37.1. The van der Waals surface area contributed by atoms with Gasteiger partial charge in [-0.25, -0.2) is 14.4 Å². The fourth-order valence-electron chi connectivity index (χ4n) is 10.6. The monoisotopic (exact) mass is 744 g/mol. The first-order chi connectivity index (χ1) is 25.9. The van der Waals surface area contributed by atoms with Gasteiger partial charge in [-0.05, 0) is 44.0 Å². The number of quaternary nitrogens is 1. The van der Waals surface area contributed by atoms with E-state index in [1.165, 1.54) is 7.11 Å². The van der Waals surface area contributed by atoms with Gasteiger partial charge in [0.2, 0.25) is 0 Å². The topological polar surface area (TPSA) is 137 Å². The van der Waals surface area contributed by atoms with Crippen molar-refractivity contribution in [3.05, 3.63) is 83.2 Å². The number of nitrogens with one attached hydrogen (secondary N) is 1. The fourth-order valence-corrected chi connectivity index (χ4v) is 10.6. The molecular formula is C42H54N3O9+. The number of methoxy groups -OCH3 is 1. The summed E-state index contributed by atoms with van der Waals surface area (Å²) in [5.41, 5.74) is 1.70. The molecule has 1 aromatic carbocycles. The molecule has 5 fully saturated rings. The summed E-state index contributed by atoms with van der Waals surface area (Å²) >= 11 is 0. The predicted octanol–water partition coefficient (Wildman–Crippen LogP) is 3.91. The van der Waals surface area contributed by atoms with E-state index < -0.39 is 72.0 Å². The predicted molar refractivity (Wildman–Crippen MR) is 197 cm³/mol. The van der Waals surface area contributed by atoms with Crippen LogP contribution in [0.2, 0.25) is 0 Å². The van der Waals surface area contributed by atoms with Gasteiger partial charge in [-0.3, -0.25) is 4.90 Å². The summed E-state index contributed by atoms with van der Waals surface area (Å²) in [6.07, 6.45) is 3.38. The maximum atomic E-state index is 14.0. The van der Waals surface area contributed by atoms with Crippen molar-refractivity contribution < 1.29 is 47.7 Å². The van der Waals surface area contributed by atoms with E-state index in [1.807, 2.05) is 57.2 Å². The van der Waals surface area contributed by atoms with E-state index in [-0.39, 0.29) is 24.2 Å². The maximum absolute atomic E-state index is 14.0. The highest BCUT2D eigenvalue weighted by atomic mass is 16.6. The minimum absolute atomic E-state index is 0.224. The molecule has 1 saturated carbocycles. The van der Waals surface area contributed by atoms with E-state index in [2.05, 4.69) is 16.0 Å². The summed E-state index contributed by atoms with van der Waals surface area (Å²) in [6.45, 7) is 14.8. The highest BCUT2D eigenvalue weighted by Gasteiger charge is 2.69. The van der Waals surface area contributed by atoms with Gasteiger partial charge in [0, 0.05) is 68.1 Å². The number of carbonyl (C=O) groups is 3. The van der Waals surface area contributed by atoms with Gasteiger partial charge in [0.05, 0.1) is 31.3 Å². The van der Waals surface area contributed by atoms with E-state index >= 15 is 0 Å². The molecule has 4 saturated heterocycles. The number of hydrogen-bond donors (Lipinski definition) is 2. The number of aliphatic hydroxyl groups is 1. The summed E-state index contributed by atoms with van der Waals surface area (Å²) in [7, 11) is 1.48. The first-order valence-electron chi connectivity index (χ1n) is 19.6. The first-order valence-corrected chi connectivity index (χ1v) is 19.6. The Hall–Kier alpha value is -3.81. The van der Waals surface area contributed by atoms with Gasteiger partial charge in [0.15, 0.2) is 6.10 Å². The second-order valence-electron chi connectivity index (χ2n) is 16.6. The largest absolute Gasteiger partial charge is 0.456 e. The second-order valence-corrected chi connectivity index (χ2v) is 16.6. The standard InChI is InChI=1S/C42H53N3O9/c1-24-21-25(2)42-29(12-13-31-34(42)35(46)26(3)37(38(31)54-42)53-40(48)32-11-8-14-43-32)22-33(50-5)41(49)52-36(24)27(4)51-39(47)30-10-7-6-9-28(30)23-45-18-15-44(16-19-45)17-20-45/h6-14,21,24,26-27,29,31,33-38,46H,15-20,22-23H2,1-5H3/p+1/b25-21+/t24-,26-,27-,29?,31-,33+,34+,35-,36+,37-,38-,42+/m1/s1. The van der Waals surface area contributed by atoms with E-state index in [0.717, 1.165) is 61.4 Å². The van der Waals surface area contributed by atoms with Crippen LogP contribution in [0.5, 0.6) is 0 Å². The molecule has 12 heteroatoms. The molecule has 6 bridgehead atoms. The van der Waals surface area contributed by atoms with Crippen molar-refractivity contribution in [2.24, 2.45) is 29.6 Å². The number of H-pyrrole nitrogens is 1. The Labute approximate surface area is 317 Å². The number of carbonyl (C=O) groups excluding carboxylic acids is 3. The average Bonchev–Trinajstić information content (AvgIpc) is 3.78. The smallest absolute Gasteiger partial charge is 0.355 e. The second kappa shape index (κ2) is 14.4. The van der Waals surface area contributed by atoms with Gasteiger partial charge in [-0.1, -0.05) is 50.3 Å². The molecule has 12 nitrogen and oxygen atoms in total. The summed E-state index contributed by atoms with van der Waals surface area (Å²) in [5.74, 6) is -3.25. The summed E-state index contributed by atoms with van der Waals surface area (Å²) in [4.78, 5) is 46.5. The van der Waals surface area contributed by atoms with Crippen LogP contribution in [0.1, 0.15) is 60.5 Å². The molecule has 2 N–H and O–H groups in total. The van der Waals surface area contributed by atoms with E-state index in [9.17, 15) is 19.5 Å². The minimum atomic E-state index is -1.01. The number of aromatic nitrogens is 1. The molecule has 2 aromatic rings. The van der Waals surface area contributed by atoms with Gasteiger partial charge in [-0.15, -0.1) is 0 Å². The molecule has 5 aliphatic heterocycles. The summed E-state index contributed by atoms with van der Waals surface area (Å²) < 4.78 is 32.4. The molecule has 1 aromatic heterocycles. The number of esters is 3. The number of piperazine rings is 3. The Morgan fingerprint density at radius 3 is 2.52 bits per heavy atom. The average molecular weight is 745 g/mol. The van der Waals surface area contributed by atoms with E-state index in [0.29, 0.717) is 11.3 Å². The van der Waals surface area contributed by atoms with Crippen molar-refractivity contribution in [3.63, 3.8) is 0 Å². The van der Waals surface area contributed by atoms with Gasteiger partial charge in [0.1, 0.15) is 42.3 Å². The molecule has 9 rings (SSSR count). The number of hydrogen-bond acceptors (Lipinski definition) is 10. The number of nitrogens with zero attached hydrogens (tertiary/aromatic N) is 2. The van der Waals surface area contributed by atoms with Gasteiger partial charge < -0.3 is 38.3 Å². The lowest BCUT2D eigenvalue weighted by Crippen LogP contribution is -2.66. The van der Waals surface area contributed by atoms with E-state index in [4.69, 9.17) is 23.7 Å². The molecule has 1 spiro atoms. The molecule has 12 atom stereocenters. The lowest BCUT2D eigenvalue weighted by Gasteiger charge is -2.50. The Balaban J connectivity index is 1.07. The molecule has 54 heavy (non-hydrogen) atoms. The van der Waals surface area contributed by atoms with Crippen molar-refractivity contribution in [2.75, 3.05) is 46.4 Å². The zero-order valence-electron chi connectivity index (χ0n) is 31.9. The SMILES string of the molecule is CO[C@H]1CC2C=C[C@H]3[C@H]4O[C@]2(/C(C)=C/[C@@H](C)[C@@H]([C@@H](C)OC(=O)c2ccccc2C[N+]25CCN(CC2)CC5)OC1=O)[C@@H]3[C@H](O)[C@@H](C)[C@H]4OC(=O)c1ccc[nH]1. The summed E-state index contributed by atoms with van der Waals surface area (Å²) in [5, 5.41) is 12.0. The highest BCUT2D eigenvalue weighted by molar-refractivity contribution is 5.91. The third-order valence-electron chi connectivity index (χ3n) is 13.6. The van der Waals surface area contributed by atoms with Crippen molar-refractivity contribution in [1.29, 1.82) is 0 Å². The van der Waals surface area contributed by atoms with Gasteiger partial charge >= 0.3 is 17.9 Å². The van der Waals surface area contributed by atoms with Crippen molar-refractivity contribution in [2.45, 2.75) is 82.9 Å². The Morgan fingerprint density at radius 2 is 1.81 bits per heavy atom. The number of fused-ring (bicyclic) bond motifs is 3. The third-order valence-corrected chi connectivity index (χ3v) is 13.6. The Kier molecular flexibility index (Phi) is 9.87. The van der Waals surface area contributed by atoms with Crippen LogP contribution in [0, 0.1) is 29.6 Å². The molecule has 2 aliphatic carbocycles. The van der Waals surface area contributed by atoms with E-state index in [1.54, 1.807) is 25.3 Å². The Bertz CT molecular complexity index is 1790. The maximum Gasteiger partial charge on any atom is 0.355 e. The van der Waals surface area contributed by atoms with Crippen LogP contribution in [0.25, 0.3) is 0 Å². The third kappa shape index (κ3) is 6.24. The van der Waals surface area contributed by atoms with Crippen LogP contribution >= 0.6 is 0 Å².